The van der Waals surface area contributed by atoms with Crippen molar-refractivity contribution in [2.75, 3.05) is 0 Å². The van der Waals surface area contributed by atoms with Gasteiger partial charge in [-0.1, -0.05) is 44.9 Å². The van der Waals surface area contributed by atoms with Crippen LogP contribution in [0.3, 0.4) is 0 Å². The van der Waals surface area contributed by atoms with Gasteiger partial charge in [0.15, 0.2) is 0 Å². The Labute approximate surface area is 82.1 Å². The largest absolute Gasteiger partial charge is 0.328 e. The molecule has 0 heterocycles. The van der Waals surface area contributed by atoms with Gasteiger partial charge < -0.3 is 5.73 Å². The molecular formula is C12H23N. The first-order chi connectivity index (χ1) is 6.36. The van der Waals surface area contributed by atoms with Gasteiger partial charge in [0.2, 0.25) is 0 Å². The lowest BCUT2D eigenvalue weighted by molar-refractivity contribution is 0.293. The predicted molar refractivity (Wildman–Crippen MR) is 56.5 cm³/mol. The van der Waals surface area contributed by atoms with Crippen molar-refractivity contribution in [2.45, 2.75) is 63.8 Å². The normalized spacial score (nSPS) is 37.6. The second-order valence-corrected chi connectivity index (χ2v) is 5.08. The summed E-state index contributed by atoms with van der Waals surface area (Å²) in [5, 5.41) is 0. The standard InChI is InChI=1S/C12H23N/c13-12-8-4-3-7-11(9-12)10-5-1-2-6-10/h10-12H,1-9,13H2. The Morgan fingerprint density at radius 3 is 1.92 bits per heavy atom. The molecule has 0 spiro atoms. The maximum atomic E-state index is 6.09. The smallest absolute Gasteiger partial charge is 0.00415 e. The first-order valence-corrected chi connectivity index (χ1v) is 6.12. The van der Waals surface area contributed by atoms with Crippen LogP contribution in [0.15, 0.2) is 0 Å². The fraction of sp³-hybridized carbons (Fsp3) is 1.00. The van der Waals surface area contributed by atoms with E-state index in [1.807, 2.05) is 0 Å². The molecule has 2 aliphatic rings. The summed E-state index contributed by atoms with van der Waals surface area (Å²) in [7, 11) is 0. The molecule has 2 unspecified atom stereocenters. The second kappa shape index (κ2) is 4.45. The summed E-state index contributed by atoms with van der Waals surface area (Å²) >= 11 is 0. The molecule has 0 aromatic carbocycles. The summed E-state index contributed by atoms with van der Waals surface area (Å²) in [6.45, 7) is 0. The van der Waals surface area contributed by atoms with Crippen LogP contribution in [0.4, 0.5) is 0 Å². The lowest BCUT2D eigenvalue weighted by atomic mass is 9.84. The number of hydrogen-bond acceptors (Lipinski definition) is 1. The first-order valence-electron chi connectivity index (χ1n) is 6.12. The average Bonchev–Trinajstić information content (AvgIpc) is 2.56. The van der Waals surface area contributed by atoms with Gasteiger partial charge in [-0.15, -0.1) is 0 Å². The minimum atomic E-state index is 0.521. The number of nitrogens with two attached hydrogens (primary N) is 1. The van der Waals surface area contributed by atoms with Crippen LogP contribution in [0.25, 0.3) is 0 Å². The Morgan fingerprint density at radius 2 is 1.23 bits per heavy atom. The minimum absolute atomic E-state index is 0.521. The van der Waals surface area contributed by atoms with Gasteiger partial charge >= 0.3 is 0 Å². The van der Waals surface area contributed by atoms with Crippen LogP contribution in [0.5, 0.6) is 0 Å². The van der Waals surface area contributed by atoms with Crippen LogP contribution in [0, 0.1) is 11.8 Å². The third-order valence-corrected chi connectivity index (χ3v) is 4.07. The van der Waals surface area contributed by atoms with Crippen molar-refractivity contribution < 1.29 is 0 Å². The van der Waals surface area contributed by atoms with E-state index in [1.54, 1.807) is 0 Å². The van der Waals surface area contributed by atoms with Gasteiger partial charge in [-0.05, 0) is 24.7 Å². The van der Waals surface area contributed by atoms with Crippen molar-refractivity contribution in [2.24, 2.45) is 17.6 Å². The van der Waals surface area contributed by atoms with Crippen LogP contribution in [-0.2, 0) is 0 Å². The fourth-order valence-electron chi connectivity index (χ4n) is 3.29. The summed E-state index contributed by atoms with van der Waals surface area (Å²) in [4.78, 5) is 0. The summed E-state index contributed by atoms with van der Waals surface area (Å²) in [6, 6.07) is 0.521. The fourth-order valence-corrected chi connectivity index (χ4v) is 3.29. The van der Waals surface area contributed by atoms with Gasteiger partial charge in [0.05, 0.1) is 0 Å². The molecule has 2 N–H and O–H groups in total. The third-order valence-electron chi connectivity index (χ3n) is 4.07. The molecule has 2 fully saturated rings. The second-order valence-electron chi connectivity index (χ2n) is 5.08. The molecule has 13 heavy (non-hydrogen) atoms. The zero-order valence-electron chi connectivity index (χ0n) is 8.67. The quantitative estimate of drug-likeness (QED) is 0.618. The number of rotatable bonds is 1. The average molecular weight is 181 g/mol. The molecular weight excluding hydrogens is 158 g/mol. The molecule has 2 saturated carbocycles. The Morgan fingerprint density at radius 1 is 0.692 bits per heavy atom. The van der Waals surface area contributed by atoms with Gasteiger partial charge in [-0.3, -0.25) is 0 Å². The highest BCUT2D eigenvalue weighted by molar-refractivity contribution is 4.81. The molecule has 0 saturated heterocycles. The van der Waals surface area contributed by atoms with E-state index in [9.17, 15) is 0 Å². The van der Waals surface area contributed by atoms with Crippen molar-refractivity contribution in [3.05, 3.63) is 0 Å². The van der Waals surface area contributed by atoms with Crippen LogP contribution in [0.2, 0.25) is 0 Å². The van der Waals surface area contributed by atoms with E-state index < -0.39 is 0 Å². The summed E-state index contributed by atoms with van der Waals surface area (Å²) in [6.07, 6.45) is 12.9. The van der Waals surface area contributed by atoms with Crippen LogP contribution in [-0.4, -0.2) is 6.04 Å². The van der Waals surface area contributed by atoms with Gasteiger partial charge in [-0.25, -0.2) is 0 Å². The van der Waals surface area contributed by atoms with Gasteiger partial charge in [-0.2, -0.15) is 0 Å². The van der Waals surface area contributed by atoms with Crippen molar-refractivity contribution >= 4 is 0 Å². The molecule has 0 radical (unpaired) electrons. The van der Waals surface area contributed by atoms with Crippen molar-refractivity contribution in [1.82, 2.24) is 0 Å². The minimum Gasteiger partial charge on any atom is -0.328 e. The summed E-state index contributed by atoms with van der Waals surface area (Å²) in [5.41, 5.74) is 6.09. The van der Waals surface area contributed by atoms with E-state index in [2.05, 4.69) is 0 Å². The van der Waals surface area contributed by atoms with Crippen LogP contribution in [0.1, 0.15) is 57.8 Å². The monoisotopic (exact) mass is 181 g/mol. The maximum Gasteiger partial charge on any atom is 0.00415 e. The molecule has 0 amide bonds. The van der Waals surface area contributed by atoms with E-state index in [4.69, 9.17) is 5.73 Å². The molecule has 1 heteroatoms. The zero-order valence-corrected chi connectivity index (χ0v) is 8.67. The number of hydrogen-bond donors (Lipinski definition) is 1. The SMILES string of the molecule is NC1CCCCC(C2CCCC2)C1. The molecule has 76 valence electrons. The highest BCUT2D eigenvalue weighted by Gasteiger charge is 2.27. The highest BCUT2D eigenvalue weighted by atomic mass is 14.6. The molecule has 2 atom stereocenters. The molecule has 1 nitrogen and oxygen atoms in total. The highest BCUT2D eigenvalue weighted by Crippen LogP contribution is 2.38. The maximum absolute atomic E-state index is 6.09. The molecule has 0 aromatic heterocycles. The van der Waals surface area contributed by atoms with Crippen LogP contribution < -0.4 is 5.73 Å². The third kappa shape index (κ3) is 2.46. The molecule has 0 aromatic rings. The predicted octanol–water partition coefficient (Wildman–Crippen LogP) is 3.08. The lowest BCUT2D eigenvalue weighted by Gasteiger charge is -2.23. The Bertz CT molecular complexity index is 149. The van der Waals surface area contributed by atoms with E-state index in [0.717, 1.165) is 11.8 Å². The van der Waals surface area contributed by atoms with Crippen molar-refractivity contribution in [1.29, 1.82) is 0 Å². The topological polar surface area (TPSA) is 26.0 Å². The Kier molecular flexibility index (Phi) is 3.26. The van der Waals surface area contributed by atoms with Gasteiger partial charge in [0.25, 0.3) is 0 Å². The van der Waals surface area contributed by atoms with Gasteiger partial charge in [0.1, 0.15) is 0 Å². The van der Waals surface area contributed by atoms with E-state index in [0.29, 0.717) is 6.04 Å². The lowest BCUT2D eigenvalue weighted by Crippen LogP contribution is -2.24. The molecule has 2 rings (SSSR count). The Balaban J connectivity index is 1.88. The molecule has 0 aliphatic heterocycles. The van der Waals surface area contributed by atoms with E-state index in [1.165, 1.54) is 57.8 Å². The zero-order chi connectivity index (χ0) is 9.10. The Hall–Kier alpha value is -0.0400. The first kappa shape index (κ1) is 9.51. The summed E-state index contributed by atoms with van der Waals surface area (Å²) < 4.78 is 0. The molecule has 2 aliphatic carbocycles. The molecule has 0 bridgehead atoms. The van der Waals surface area contributed by atoms with Crippen molar-refractivity contribution in [3.63, 3.8) is 0 Å². The van der Waals surface area contributed by atoms with E-state index >= 15 is 0 Å². The van der Waals surface area contributed by atoms with Crippen LogP contribution >= 0.6 is 0 Å². The van der Waals surface area contributed by atoms with Gasteiger partial charge in [0, 0.05) is 6.04 Å². The summed E-state index contributed by atoms with van der Waals surface area (Å²) in [5.74, 6) is 2.03. The van der Waals surface area contributed by atoms with Crippen molar-refractivity contribution in [3.8, 4) is 0 Å². The van der Waals surface area contributed by atoms with E-state index in [-0.39, 0.29) is 0 Å².